The molecular formula is C16H18Cl2N2O2. The lowest BCUT2D eigenvalue weighted by Gasteiger charge is -2.26. The van der Waals surface area contributed by atoms with Crippen molar-refractivity contribution in [1.29, 1.82) is 0 Å². The predicted octanol–water partition coefficient (Wildman–Crippen LogP) is 4.72. The van der Waals surface area contributed by atoms with E-state index in [9.17, 15) is 0 Å². The van der Waals surface area contributed by atoms with E-state index < -0.39 is 0 Å². The van der Waals surface area contributed by atoms with Crippen LogP contribution in [0, 0.1) is 0 Å². The van der Waals surface area contributed by atoms with Crippen LogP contribution in [0.15, 0.2) is 36.8 Å². The zero-order valence-corrected chi connectivity index (χ0v) is 14.0. The van der Waals surface area contributed by atoms with Crippen LogP contribution in [0.3, 0.4) is 0 Å². The molecular weight excluding hydrogens is 323 g/mol. The van der Waals surface area contributed by atoms with Crippen LogP contribution in [0.2, 0.25) is 10.0 Å². The molecule has 0 aliphatic heterocycles. The Morgan fingerprint density at radius 1 is 1.18 bits per heavy atom. The normalized spacial score (nSPS) is 13.6. The first kappa shape index (κ1) is 17.0. The van der Waals surface area contributed by atoms with E-state index in [2.05, 4.69) is 9.97 Å². The van der Waals surface area contributed by atoms with Crippen LogP contribution in [-0.2, 0) is 4.74 Å². The highest BCUT2D eigenvalue weighted by Crippen LogP contribution is 2.32. The largest absolute Gasteiger partial charge is 0.486 e. The summed E-state index contributed by atoms with van der Waals surface area (Å²) < 4.78 is 11.9. The van der Waals surface area contributed by atoms with Crippen LogP contribution >= 0.6 is 23.2 Å². The SMILES string of the molecule is CCOC(c1cnccn1)C(CC)Oc1ccc(Cl)cc1Cl. The minimum atomic E-state index is -0.310. The Morgan fingerprint density at radius 2 is 2.00 bits per heavy atom. The molecule has 22 heavy (non-hydrogen) atoms. The molecule has 0 fully saturated rings. The number of benzene rings is 1. The number of rotatable bonds is 7. The number of halogens is 2. The average Bonchev–Trinajstić information content (AvgIpc) is 2.53. The topological polar surface area (TPSA) is 44.2 Å². The van der Waals surface area contributed by atoms with Gasteiger partial charge in [-0.1, -0.05) is 30.1 Å². The second-order valence-electron chi connectivity index (χ2n) is 4.65. The minimum absolute atomic E-state index is 0.227. The molecule has 1 heterocycles. The second-order valence-corrected chi connectivity index (χ2v) is 5.49. The highest BCUT2D eigenvalue weighted by Gasteiger charge is 2.26. The molecule has 1 aromatic heterocycles. The molecule has 1 aromatic carbocycles. The van der Waals surface area contributed by atoms with E-state index in [-0.39, 0.29) is 12.2 Å². The van der Waals surface area contributed by atoms with Crippen LogP contribution in [0.4, 0.5) is 0 Å². The molecule has 2 aromatic rings. The van der Waals surface area contributed by atoms with E-state index >= 15 is 0 Å². The first-order valence-electron chi connectivity index (χ1n) is 7.14. The zero-order valence-electron chi connectivity index (χ0n) is 12.5. The summed E-state index contributed by atoms with van der Waals surface area (Å²) in [5.74, 6) is 0.575. The minimum Gasteiger partial charge on any atom is -0.486 e. The molecule has 0 radical (unpaired) electrons. The van der Waals surface area contributed by atoms with Gasteiger partial charge in [0.2, 0.25) is 0 Å². The molecule has 0 aliphatic rings. The quantitative estimate of drug-likeness (QED) is 0.731. The molecule has 0 spiro atoms. The van der Waals surface area contributed by atoms with Crippen molar-refractivity contribution in [2.45, 2.75) is 32.5 Å². The molecule has 0 N–H and O–H groups in total. The Balaban J connectivity index is 2.23. The van der Waals surface area contributed by atoms with Crippen LogP contribution in [0.5, 0.6) is 5.75 Å². The highest BCUT2D eigenvalue weighted by atomic mass is 35.5. The van der Waals surface area contributed by atoms with Gasteiger partial charge >= 0.3 is 0 Å². The van der Waals surface area contributed by atoms with E-state index in [0.717, 1.165) is 12.1 Å². The number of hydrogen-bond donors (Lipinski definition) is 0. The lowest BCUT2D eigenvalue weighted by Crippen LogP contribution is -2.28. The van der Waals surface area contributed by atoms with Crippen LogP contribution in [0.1, 0.15) is 32.1 Å². The van der Waals surface area contributed by atoms with Crippen molar-refractivity contribution in [3.05, 3.63) is 52.5 Å². The summed E-state index contributed by atoms with van der Waals surface area (Å²) in [7, 11) is 0. The number of nitrogens with zero attached hydrogens (tertiary/aromatic N) is 2. The zero-order chi connectivity index (χ0) is 15.9. The first-order chi connectivity index (χ1) is 10.7. The fraction of sp³-hybridized carbons (Fsp3) is 0.375. The van der Waals surface area contributed by atoms with Gasteiger partial charge in [-0.3, -0.25) is 9.97 Å². The fourth-order valence-corrected chi connectivity index (χ4v) is 2.57. The number of aromatic nitrogens is 2. The Labute approximate surface area is 140 Å². The van der Waals surface area contributed by atoms with Gasteiger partial charge in [-0.05, 0) is 31.5 Å². The van der Waals surface area contributed by atoms with Gasteiger partial charge in [-0.25, -0.2) is 0 Å². The maximum absolute atomic E-state index is 6.18. The standard InChI is InChI=1S/C16H18Cl2N2O2/c1-3-14(22-15-6-5-11(17)9-12(15)18)16(21-4-2)13-10-19-7-8-20-13/h5-10,14,16H,3-4H2,1-2H3. The maximum Gasteiger partial charge on any atom is 0.138 e. The molecule has 0 bridgehead atoms. The van der Waals surface area contributed by atoms with Crippen molar-refractivity contribution >= 4 is 23.2 Å². The molecule has 0 saturated carbocycles. The summed E-state index contributed by atoms with van der Waals surface area (Å²) in [6.07, 6.45) is 5.16. The first-order valence-corrected chi connectivity index (χ1v) is 7.90. The average molecular weight is 341 g/mol. The molecule has 2 rings (SSSR count). The molecule has 2 unspecified atom stereocenters. The number of hydrogen-bond acceptors (Lipinski definition) is 4. The van der Waals surface area contributed by atoms with Gasteiger partial charge in [0.25, 0.3) is 0 Å². The molecule has 4 nitrogen and oxygen atoms in total. The van der Waals surface area contributed by atoms with Crippen molar-refractivity contribution in [2.75, 3.05) is 6.61 Å². The molecule has 0 saturated heterocycles. The summed E-state index contributed by atoms with van der Waals surface area (Å²) in [5, 5.41) is 1.04. The Hall–Kier alpha value is -1.36. The van der Waals surface area contributed by atoms with E-state index in [4.69, 9.17) is 32.7 Å². The van der Waals surface area contributed by atoms with Gasteiger partial charge < -0.3 is 9.47 Å². The van der Waals surface area contributed by atoms with Crippen molar-refractivity contribution in [2.24, 2.45) is 0 Å². The van der Waals surface area contributed by atoms with Crippen molar-refractivity contribution < 1.29 is 9.47 Å². The monoisotopic (exact) mass is 340 g/mol. The van der Waals surface area contributed by atoms with Gasteiger partial charge in [-0.15, -0.1) is 0 Å². The van der Waals surface area contributed by atoms with Crippen molar-refractivity contribution in [1.82, 2.24) is 9.97 Å². The smallest absolute Gasteiger partial charge is 0.138 e. The molecule has 118 valence electrons. The van der Waals surface area contributed by atoms with Crippen LogP contribution < -0.4 is 4.74 Å². The third-order valence-corrected chi connectivity index (χ3v) is 3.66. The van der Waals surface area contributed by atoms with Gasteiger partial charge in [0.05, 0.1) is 16.9 Å². The van der Waals surface area contributed by atoms with E-state index in [0.29, 0.717) is 22.4 Å². The lowest BCUT2D eigenvalue weighted by molar-refractivity contribution is -0.0264. The maximum atomic E-state index is 6.18. The van der Waals surface area contributed by atoms with E-state index in [1.54, 1.807) is 36.8 Å². The summed E-state index contributed by atoms with van der Waals surface area (Å²) >= 11 is 12.1. The Morgan fingerprint density at radius 3 is 2.59 bits per heavy atom. The van der Waals surface area contributed by atoms with E-state index in [1.807, 2.05) is 13.8 Å². The van der Waals surface area contributed by atoms with Crippen LogP contribution in [-0.4, -0.2) is 22.7 Å². The van der Waals surface area contributed by atoms with Gasteiger partial charge in [0.15, 0.2) is 0 Å². The lowest BCUT2D eigenvalue weighted by atomic mass is 10.1. The summed E-state index contributed by atoms with van der Waals surface area (Å²) in [6.45, 7) is 4.51. The molecule has 2 atom stereocenters. The molecule has 0 amide bonds. The Bertz CT molecular complexity index is 596. The summed E-state index contributed by atoms with van der Waals surface area (Å²) in [5.41, 5.74) is 0.737. The third-order valence-electron chi connectivity index (χ3n) is 3.13. The van der Waals surface area contributed by atoms with Crippen LogP contribution in [0.25, 0.3) is 0 Å². The number of ether oxygens (including phenoxy) is 2. The second kappa shape index (κ2) is 8.32. The predicted molar refractivity (Wildman–Crippen MR) is 87.6 cm³/mol. The third kappa shape index (κ3) is 4.32. The van der Waals surface area contributed by atoms with Gasteiger partial charge in [0.1, 0.15) is 18.0 Å². The summed E-state index contributed by atoms with van der Waals surface area (Å²) in [4.78, 5) is 8.42. The van der Waals surface area contributed by atoms with Crippen molar-refractivity contribution in [3.63, 3.8) is 0 Å². The fourth-order valence-electron chi connectivity index (χ4n) is 2.11. The molecule has 6 heteroatoms. The van der Waals surface area contributed by atoms with Gasteiger partial charge in [-0.2, -0.15) is 0 Å². The van der Waals surface area contributed by atoms with Gasteiger partial charge in [0, 0.05) is 24.0 Å². The summed E-state index contributed by atoms with van der Waals surface area (Å²) in [6, 6.07) is 5.16. The highest BCUT2D eigenvalue weighted by molar-refractivity contribution is 6.35. The Kier molecular flexibility index (Phi) is 6.43. The van der Waals surface area contributed by atoms with E-state index in [1.165, 1.54) is 0 Å². The molecule has 0 aliphatic carbocycles. The van der Waals surface area contributed by atoms with Crippen molar-refractivity contribution in [3.8, 4) is 5.75 Å².